The number of alkyl carbamates (subject to hydrolysis) is 1. The van der Waals surface area contributed by atoms with E-state index < -0.39 is 30.0 Å². The van der Waals surface area contributed by atoms with Crippen LogP contribution in [0.3, 0.4) is 0 Å². The first-order valence-corrected chi connectivity index (χ1v) is 8.75. The zero-order valence-corrected chi connectivity index (χ0v) is 15.4. The molecule has 0 aliphatic rings. The molecule has 148 valence electrons. The van der Waals surface area contributed by atoms with Crippen LogP contribution in [0.1, 0.15) is 18.1 Å². The second kappa shape index (κ2) is 10.7. The van der Waals surface area contributed by atoms with Crippen molar-refractivity contribution in [2.45, 2.75) is 32.0 Å². The lowest BCUT2D eigenvalue weighted by Crippen LogP contribution is -2.53. The average molecular weight is 385 g/mol. The highest BCUT2D eigenvalue weighted by molar-refractivity contribution is 5.90. The monoisotopic (exact) mass is 385 g/mol. The third-order valence-corrected chi connectivity index (χ3v) is 3.97. The van der Waals surface area contributed by atoms with Gasteiger partial charge in [0.1, 0.15) is 18.7 Å². The van der Waals surface area contributed by atoms with Crippen LogP contribution in [-0.2, 0) is 27.4 Å². The third-order valence-electron chi connectivity index (χ3n) is 3.97. The highest BCUT2D eigenvalue weighted by Crippen LogP contribution is 2.06. The van der Waals surface area contributed by atoms with Crippen molar-refractivity contribution >= 4 is 17.9 Å². The molecular formula is C20H23N3O5. The average Bonchev–Trinajstić information content (AvgIpc) is 2.72. The minimum atomic E-state index is -0.974. The molecule has 0 saturated carbocycles. The van der Waals surface area contributed by atoms with E-state index >= 15 is 0 Å². The quantitative estimate of drug-likeness (QED) is 0.406. The number of benzene rings is 2. The molecule has 0 aliphatic carbocycles. The predicted molar refractivity (Wildman–Crippen MR) is 101 cm³/mol. The van der Waals surface area contributed by atoms with Gasteiger partial charge < -0.3 is 15.4 Å². The van der Waals surface area contributed by atoms with Gasteiger partial charge in [-0.15, -0.1) is 0 Å². The summed E-state index contributed by atoms with van der Waals surface area (Å²) in [5, 5.41) is 13.7. The Morgan fingerprint density at radius 1 is 0.893 bits per heavy atom. The first kappa shape index (κ1) is 20.9. The van der Waals surface area contributed by atoms with Crippen molar-refractivity contribution in [1.82, 2.24) is 16.1 Å². The maximum absolute atomic E-state index is 12.5. The molecule has 3 amide bonds. The number of hydrogen-bond donors (Lipinski definition) is 4. The Morgan fingerprint density at radius 2 is 1.46 bits per heavy atom. The van der Waals surface area contributed by atoms with E-state index in [4.69, 9.17) is 9.94 Å². The largest absolute Gasteiger partial charge is 0.445 e. The van der Waals surface area contributed by atoms with Crippen LogP contribution in [0.5, 0.6) is 0 Å². The number of amides is 3. The molecule has 2 atom stereocenters. The summed E-state index contributed by atoms with van der Waals surface area (Å²) in [5.74, 6) is -1.34. The number of hydroxylamine groups is 1. The standard InChI is InChI=1S/C20H23N3O5/c1-14(18(24)23-27)21-19(25)17(12-15-8-4-2-5-9-15)22-20(26)28-13-16-10-6-3-7-11-16/h2-11,14,17,27H,12-13H2,1H3,(H,21,25)(H,22,26)(H,23,24). The number of carbonyl (C=O) groups is 3. The van der Waals surface area contributed by atoms with E-state index in [1.54, 1.807) is 0 Å². The molecule has 28 heavy (non-hydrogen) atoms. The lowest BCUT2D eigenvalue weighted by molar-refractivity contribution is -0.134. The molecule has 0 radical (unpaired) electrons. The molecular weight excluding hydrogens is 362 g/mol. The molecule has 0 spiro atoms. The predicted octanol–water partition coefficient (Wildman–Crippen LogP) is 1.53. The fraction of sp³-hybridized carbons (Fsp3) is 0.250. The van der Waals surface area contributed by atoms with Gasteiger partial charge in [-0.2, -0.15) is 0 Å². The van der Waals surface area contributed by atoms with Crippen molar-refractivity contribution in [3.63, 3.8) is 0 Å². The van der Waals surface area contributed by atoms with Crippen molar-refractivity contribution in [3.8, 4) is 0 Å². The highest BCUT2D eigenvalue weighted by atomic mass is 16.5. The maximum atomic E-state index is 12.5. The van der Waals surface area contributed by atoms with Gasteiger partial charge in [-0.05, 0) is 18.1 Å². The van der Waals surface area contributed by atoms with Crippen LogP contribution < -0.4 is 16.1 Å². The van der Waals surface area contributed by atoms with E-state index in [1.165, 1.54) is 12.4 Å². The van der Waals surface area contributed by atoms with Crippen molar-refractivity contribution in [1.29, 1.82) is 0 Å². The Kier molecular flexibility index (Phi) is 7.98. The van der Waals surface area contributed by atoms with Crippen molar-refractivity contribution in [2.24, 2.45) is 0 Å². The van der Waals surface area contributed by atoms with E-state index in [1.807, 2.05) is 60.7 Å². The van der Waals surface area contributed by atoms with E-state index in [2.05, 4.69) is 10.6 Å². The van der Waals surface area contributed by atoms with E-state index in [0.29, 0.717) is 0 Å². The van der Waals surface area contributed by atoms with Gasteiger partial charge >= 0.3 is 6.09 Å². The summed E-state index contributed by atoms with van der Waals surface area (Å²) in [7, 11) is 0. The van der Waals surface area contributed by atoms with Gasteiger partial charge in [-0.3, -0.25) is 14.8 Å². The molecule has 8 nitrogen and oxygen atoms in total. The molecule has 2 aromatic carbocycles. The van der Waals surface area contributed by atoms with Crippen LogP contribution >= 0.6 is 0 Å². The highest BCUT2D eigenvalue weighted by Gasteiger charge is 2.25. The van der Waals surface area contributed by atoms with Gasteiger partial charge in [0.15, 0.2) is 0 Å². The molecule has 2 rings (SSSR count). The fourth-order valence-electron chi connectivity index (χ4n) is 2.44. The lowest BCUT2D eigenvalue weighted by Gasteiger charge is -2.20. The van der Waals surface area contributed by atoms with Crippen LogP contribution in [-0.4, -0.2) is 35.2 Å². The molecule has 2 aromatic rings. The van der Waals surface area contributed by atoms with Gasteiger partial charge in [-0.1, -0.05) is 60.7 Å². The molecule has 0 aromatic heterocycles. The van der Waals surface area contributed by atoms with Crippen LogP contribution in [0, 0.1) is 0 Å². The first-order chi connectivity index (χ1) is 13.5. The fourth-order valence-corrected chi connectivity index (χ4v) is 2.44. The van der Waals surface area contributed by atoms with Gasteiger partial charge in [0.05, 0.1) is 0 Å². The molecule has 0 bridgehead atoms. The minimum Gasteiger partial charge on any atom is -0.445 e. The lowest BCUT2D eigenvalue weighted by atomic mass is 10.1. The second-order valence-electron chi connectivity index (χ2n) is 6.15. The minimum absolute atomic E-state index is 0.0651. The topological polar surface area (TPSA) is 117 Å². The van der Waals surface area contributed by atoms with Crippen molar-refractivity contribution in [2.75, 3.05) is 0 Å². The Labute approximate surface area is 162 Å². The normalized spacial score (nSPS) is 12.4. The summed E-state index contributed by atoms with van der Waals surface area (Å²) in [6.07, 6.45) is -0.542. The van der Waals surface area contributed by atoms with Crippen LogP contribution in [0.15, 0.2) is 60.7 Å². The van der Waals surface area contributed by atoms with E-state index in [9.17, 15) is 14.4 Å². The summed E-state index contributed by atoms with van der Waals surface area (Å²) in [6, 6.07) is 16.3. The van der Waals surface area contributed by atoms with Gasteiger partial charge in [-0.25, -0.2) is 10.3 Å². The number of nitrogens with one attached hydrogen (secondary N) is 3. The first-order valence-electron chi connectivity index (χ1n) is 8.75. The summed E-state index contributed by atoms with van der Waals surface area (Å²) in [5.41, 5.74) is 3.11. The zero-order valence-electron chi connectivity index (χ0n) is 15.4. The van der Waals surface area contributed by atoms with Crippen LogP contribution in [0.4, 0.5) is 4.79 Å². The van der Waals surface area contributed by atoms with Gasteiger partial charge in [0, 0.05) is 6.42 Å². The number of hydrogen-bond acceptors (Lipinski definition) is 5. The van der Waals surface area contributed by atoms with Crippen LogP contribution in [0.25, 0.3) is 0 Å². The van der Waals surface area contributed by atoms with Crippen molar-refractivity contribution in [3.05, 3.63) is 71.8 Å². The van der Waals surface area contributed by atoms with Crippen LogP contribution in [0.2, 0.25) is 0 Å². The Bertz CT molecular complexity index is 783. The third kappa shape index (κ3) is 6.73. The molecule has 0 heterocycles. The number of carbonyl (C=O) groups excluding carboxylic acids is 3. The Balaban J connectivity index is 2.01. The summed E-state index contributed by atoms with van der Waals surface area (Å²) in [4.78, 5) is 36.1. The van der Waals surface area contributed by atoms with E-state index in [0.717, 1.165) is 11.1 Å². The van der Waals surface area contributed by atoms with Gasteiger partial charge in [0.25, 0.3) is 5.91 Å². The Morgan fingerprint density at radius 3 is 2.04 bits per heavy atom. The Hall–Kier alpha value is -3.39. The number of ether oxygens (including phenoxy) is 1. The molecule has 0 aliphatic heterocycles. The molecule has 0 fully saturated rings. The summed E-state index contributed by atoms with van der Waals surface area (Å²) in [6.45, 7) is 1.48. The summed E-state index contributed by atoms with van der Waals surface area (Å²) >= 11 is 0. The molecule has 0 saturated heterocycles. The van der Waals surface area contributed by atoms with Gasteiger partial charge in [0.2, 0.25) is 5.91 Å². The smallest absolute Gasteiger partial charge is 0.408 e. The molecule has 8 heteroatoms. The number of rotatable bonds is 8. The SMILES string of the molecule is CC(NC(=O)C(Cc1ccccc1)NC(=O)OCc1ccccc1)C(=O)NO. The van der Waals surface area contributed by atoms with Crippen molar-refractivity contribution < 1.29 is 24.3 Å². The molecule has 2 unspecified atom stereocenters. The van der Waals surface area contributed by atoms with E-state index in [-0.39, 0.29) is 13.0 Å². The zero-order chi connectivity index (χ0) is 20.4. The maximum Gasteiger partial charge on any atom is 0.408 e. The summed E-state index contributed by atoms with van der Waals surface area (Å²) < 4.78 is 5.17. The molecule has 4 N–H and O–H groups in total. The second-order valence-corrected chi connectivity index (χ2v) is 6.15.